The molecule has 2 aliphatic heterocycles. The summed E-state index contributed by atoms with van der Waals surface area (Å²) in [5.74, 6) is -6.98. The summed E-state index contributed by atoms with van der Waals surface area (Å²) < 4.78 is 45.0. The molecule has 2 aromatic carbocycles. The van der Waals surface area contributed by atoms with E-state index in [1.807, 2.05) is 0 Å². The Kier molecular flexibility index (Phi) is 7.85. The Balaban J connectivity index is 1.84. The van der Waals surface area contributed by atoms with E-state index < -0.39 is 19.3 Å². The van der Waals surface area contributed by atoms with Gasteiger partial charge in [-0.05, 0) is 93.2 Å². The second-order valence-corrected chi connectivity index (χ2v) is 20.3. The van der Waals surface area contributed by atoms with Crippen LogP contribution in [0.25, 0.3) is 0 Å². The minimum Gasteiger partial charge on any atom is -0.235 e. The highest BCUT2D eigenvalue weighted by Gasteiger charge is 2.43. The average molecular weight is 579 g/mol. The molecule has 0 amide bonds. The molecule has 0 saturated carbocycles. The molecule has 4 rings (SSSR count). The molecular weight excluding hydrogens is 559 g/mol. The molecule has 0 bridgehead atoms. The van der Waals surface area contributed by atoms with Gasteiger partial charge in [0.25, 0.3) is 11.8 Å². The number of rotatable bonds is 4. The van der Waals surface area contributed by atoms with Gasteiger partial charge in [0, 0.05) is 26.2 Å². The average Bonchev–Trinajstić information content (AvgIpc) is 2.83. The van der Waals surface area contributed by atoms with Crippen LogP contribution in [-0.2, 0) is 13.1 Å². The summed E-state index contributed by atoms with van der Waals surface area (Å²) in [6, 6.07) is 12.6. The molecule has 32 heavy (non-hydrogen) atoms. The number of nitrogens with zero attached hydrogens (tertiary/aromatic N) is 5. The van der Waals surface area contributed by atoms with Crippen LogP contribution >= 0.6 is 64.3 Å². The second kappa shape index (κ2) is 9.97. The largest absolute Gasteiger partial charge is 0.257 e. The summed E-state index contributed by atoms with van der Waals surface area (Å²) in [5.41, 5.74) is 1.78. The van der Waals surface area contributed by atoms with E-state index in [1.165, 1.54) is 24.3 Å². The van der Waals surface area contributed by atoms with Gasteiger partial charge in [0.05, 0.1) is 0 Å². The highest BCUT2D eigenvalue weighted by atomic mass is 35.9. The summed E-state index contributed by atoms with van der Waals surface area (Å²) >= 11 is 26.1. The summed E-state index contributed by atoms with van der Waals surface area (Å²) in [7, 11) is -2.94. The van der Waals surface area contributed by atoms with Crippen molar-refractivity contribution in [1.82, 2.24) is 9.34 Å². The lowest BCUT2D eigenvalue weighted by atomic mass is 10.2. The quantitative estimate of drug-likeness (QED) is 0.339. The molecule has 2 aliphatic rings. The maximum Gasteiger partial charge on any atom is 0.257 e. The molecule has 0 atom stereocenters. The van der Waals surface area contributed by atoms with Crippen LogP contribution in [0.4, 0.5) is 8.78 Å². The zero-order valence-corrected chi connectivity index (χ0v) is 22.4. The van der Waals surface area contributed by atoms with Gasteiger partial charge >= 0.3 is 0 Å². The molecule has 14 heteroatoms. The first-order valence-corrected chi connectivity index (χ1v) is 18.4. The Hall–Kier alpha value is 0.0700. The number of benzene rings is 2. The second-order valence-electron chi connectivity index (χ2n) is 7.45. The van der Waals surface area contributed by atoms with Gasteiger partial charge in [-0.2, -0.15) is 13.5 Å². The fourth-order valence-electron chi connectivity index (χ4n) is 3.68. The third kappa shape index (κ3) is 6.00. The van der Waals surface area contributed by atoms with Gasteiger partial charge in [-0.3, -0.25) is 0 Å². The van der Waals surface area contributed by atoms with E-state index in [-0.39, 0.29) is 11.6 Å². The molecule has 2 heterocycles. The van der Waals surface area contributed by atoms with Crippen molar-refractivity contribution in [2.75, 3.05) is 13.1 Å². The first kappa shape index (κ1) is 25.2. The van der Waals surface area contributed by atoms with Crippen LogP contribution in [0.1, 0.15) is 24.0 Å². The lowest BCUT2D eigenvalue weighted by Crippen LogP contribution is -2.29. The molecule has 0 N–H and O–H groups in total. The first-order chi connectivity index (χ1) is 15.1. The van der Waals surface area contributed by atoms with Crippen molar-refractivity contribution in [2.24, 2.45) is 13.5 Å². The predicted octanol–water partition coefficient (Wildman–Crippen LogP) is 9.87. The van der Waals surface area contributed by atoms with Crippen LogP contribution in [0.2, 0.25) is 0 Å². The molecule has 1 fully saturated rings. The number of hydrogen-bond donors (Lipinski definition) is 0. The Morgan fingerprint density at radius 3 is 1.47 bits per heavy atom. The van der Waals surface area contributed by atoms with Gasteiger partial charge < -0.3 is 0 Å². The molecule has 0 radical (unpaired) electrons. The van der Waals surface area contributed by atoms with Gasteiger partial charge in [-0.15, -0.1) is 0 Å². The summed E-state index contributed by atoms with van der Waals surface area (Å²) in [6.07, 6.45) is 1.77. The molecule has 0 aliphatic carbocycles. The van der Waals surface area contributed by atoms with E-state index in [4.69, 9.17) is 54.0 Å². The predicted molar refractivity (Wildman–Crippen MR) is 134 cm³/mol. The van der Waals surface area contributed by atoms with Crippen molar-refractivity contribution >= 4 is 64.3 Å². The van der Waals surface area contributed by atoms with Crippen LogP contribution in [-0.4, -0.2) is 22.4 Å². The van der Waals surface area contributed by atoms with Crippen molar-refractivity contribution in [3.63, 3.8) is 0 Å². The highest BCUT2D eigenvalue weighted by Crippen LogP contribution is 2.86. The van der Waals surface area contributed by atoms with Crippen molar-refractivity contribution in [1.29, 1.82) is 0 Å². The van der Waals surface area contributed by atoms with E-state index in [0.717, 1.165) is 24.0 Å². The summed E-state index contributed by atoms with van der Waals surface area (Å²) in [4.78, 5) is 0. The van der Waals surface area contributed by atoms with Crippen LogP contribution < -0.4 is 0 Å². The van der Waals surface area contributed by atoms with Crippen LogP contribution in [0.5, 0.6) is 0 Å². The topological polar surface area (TPSA) is 43.6 Å². The standard InChI is InChI=1S/C18H20Cl4F2N5P3/c19-30(20)25-31(21,22)27-32(26-30)28(13-15-3-7-17(23)8-4-15)11-1-2-12-29(32)14-16-5-9-18(24)10-6-16/h3-10H,1-2,11-14H2. The van der Waals surface area contributed by atoms with Gasteiger partial charge in [0.15, 0.2) is 0 Å². The third-order valence-corrected chi connectivity index (χ3v) is 17.5. The SMILES string of the molecule is Fc1ccc(CN2CCCCN(Cc3ccc(F)cc3)P23=NP(Cl)(Cl)=NP(Cl)(Cl)=N3)cc1. The monoisotopic (exact) mass is 577 g/mol. The molecule has 174 valence electrons. The third-order valence-electron chi connectivity index (χ3n) is 5.07. The van der Waals surface area contributed by atoms with Crippen molar-refractivity contribution < 1.29 is 8.78 Å². The smallest absolute Gasteiger partial charge is 0.235 e. The van der Waals surface area contributed by atoms with E-state index >= 15 is 0 Å². The lowest BCUT2D eigenvalue weighted by molar-refractivity contribution is 0.407. The van der Waals surface area contributed by atoms with Crippen molar-refractivity contribution in [3.8, 4) is 0 Å². The molecule has 1 spiro atoms. The minimum atomic E-state index is -3.18. The maximum absolute atomic E-state index is 13.5. The minimum absolute atomic E-state index is 0.309. The molecular formula is C18H20Cl4F2N5P3. The van der Waals surface area contributed by atoms with Crippen molar-refractivity contribution in [3.05, 3.63) is 71.3 Å². The van der Waals surface area contributed by atoms with Gasteiger partial charge in [0.2, 0.25) is 7.51 Å². The van der Waals surface area contributed by atoms with Crippen molar-refractivity contribution in [2.45, 2.75) is 25.9 Å². The Bertz CT molecular complexity index is 1080. The zero-order chi connectivity index (χ0) is 23.0. The van der Waals surface area contributed by atoms with E-state index in [1.54, 1.807) is 24.3 Å². The maximum atomic E-state index is 13.5. The van der Waals surface area contributed by atoms with Crippen LogP contribution in [0.15, 0.2) is 62.1 Å². The molecule has 0 unspecified atom stereocenters. The summed E-state index contributed by atoms with van der Waals surface area (Å²) in [5, 5.41) is 0. The number of hydrogen-bond acceptors (Lipinski definition) is 5. The van der Waals surface area contributed by atoms with Crippen LogP contribution in [0, 0.1) is 11.6 Å². The summed E-state index contributed by atoms with van der Waals surface area (Å²) in [6.45, 7) is 2.23. The normalized spacial score (nSPS) is 22.4. The lowest BCUT2D eigenvalue weighted by Gasteiger charge is -2.41. The Morgan fingerprint density at radius 2 is 1.06 bits per heavy atom. The zero-order valence-electron chi connectivity index (χ0n) is 16.7. The highest BCUT2D eigenvalue weighted by molar-refractivity contribution is 8.20. The number of halogens is 6. The van der Waals surface area contributed by atoms with Gasteiger partial charge in [-0.25, -0.2) is 18.1 Å². The van der Waals surface area contributed by atoms with E-state index in [0.29, 0.717) is 26.2 Å². The molecule has 1 saturated heterocycles. The van der Waals surface area contributed by atoms with E-state index in [9.17, 15) is 8.78 Å². The molecule has 2 aromatic rings. The van der Waals surface area contributed by atoms with Gasteiger partial charge in [0.1, 0.15) is 11.6 Å². The van der Waals surface area contributed by atoms with E-state index in [2.05, 4.69) is 13.9 Å². The molecule has 0 aromatic heterocycles. The first-order valence-electron chi connectivity index (χ1n) is 9.77. The fraction of sp³-hybridized carbons (Fsp3) is 0.333. The van der Waals surface area contributed by atoms with Gasteiger partial charge in [-0.1, -0.05) is 24.3 Å². The van der Waals surface area contributed by atoms with Crippen LogP contribution in [0.3, 0.4) is 0 Å². The Morgan fingerprint density at radius 1 is 0.656 bits per heavy atom. The molecule has 5 nitrogen and oxygen atoms in total. The fourth-order valence-corrected chi connectivity index (χ4v) is 20.2. The Labute approximate surface area is 205 Å².